The molecule has 1 aliphatic heterocycles. The number of aliphatic hydroxyl groups is 1. The van der Waals surface area contributed by atoms with Crippen molar-refractivity contribution >= 4 is 0 Å². The summed E-state index contributed by atoms with van der Waals surface area (Å²) in [6.45, 7) is 3.75. The van der Waals surface area contributed by atoms with Crippen molar-refractivity contribution in [2.75, 3.05) is 40.4 Å². The van der Waals surface area contributed by atoms with E-state index in [9.17, 15) is 5.11 Å². The lowest BCUT2D eigenvalue weighted by Crippen LogP contribution is -2.50. The molecule has 1 aliphatic carbocycles. The van der Waals surface area contributed by atoms with Gasteiger partial charge in [0.15, 0.2) is 0 Å². The smallest absolute Gasteiger partial charge is 0.0695 e. The molecule has 1 heterocycles. The minimum atomic E-state index is -0.141. The number of hydrogen-bond acceptors (Lipinski definition) is 4. The van der Waals surface area contributed by atoms with Crippen molar-refractivity contribution in [2.45, 2.75) is 44.2 Å². The van der Waals surface area contributed by atoms with Crippen LogP contribution < -0.4 is 5.32 Å². The standard InChI is InChI=1S/C14H28N2O2/c1-15-9-14(7-8-18-11-14)10-16(2)12-5-3-4-6-13(12)17/h12-13,15,17H,3-11H2,1-2H3. The van der Waals surface area contributed by atoms with E-state index in [1.54, 1.807) is 0 Å². The van der Waals surface area contributed by atoms with E-state index in [4.69, 9.17) is 4.74 Å². The predicted molar refractivity (Wildman–Crippen MR) is 72.7 cm³/mol. The summed E-state index contributed by atoms with van der Waals surface area (Å²) in [7, 11) is 4.17. The summed E-state index contributed by atoms with van der Waals surface area (Å²) >= 11 is 0. The zero-order valence-electron chi connectivity index (χ0n) is 11.8. The van der Waals surface area contributed by atoms with Gasteiger partial charge in [-0.2, -0.15) is 0 Å². The fourth-order valence-corrected chi connectivity index (χ4v) is 3.60. The van der Waals surface area contributed by atoms with E-state index in [1.165, 1.54) is 12.8 Å². The Bertz CT molecular complexity index is 254. The Hall–Kier alpha value is -0.160. The fourth-order valence-electron chi connectivity index (χ4n) is 3.60. The molecule has 3 atom stereocenters. The van der Waals surface area contributed by atoms with Crippen molar-refractivity contribution in [3.63, 3.8) is 0 Å². The van der Waals surface area contributed by atoms with Crippen molar-refractivity contribution in [1.82, 2.24) is 10.2 Å². The molecule has 0 spiro atoms. The molecule has 0 radical (unpaired) electrons. The van der Waals surface area contributed by atoms with Gasteiger partial charge in [-0.15, -0.1) is 0 Å². The average Bonchev–Trinajstić information content (AvgIpc) is 2.78. The highest BCUT2D eigenvalue weighted by atomic mass is 16.5. The number of nitrogens with one attached hydrogen (secondary N) is 1. The second-order valence-corrected chi connectivity index (χ2v) is 6.17. The van der Waals surface area contributed by atoms with Crippen molar-refractivity contribution in [2.24, 2.45) is 5.41 Å². The topological polar surface area (TPSA) is 44.7 Å². The van der Waals surface area contributed by atoms with Gasteiger partial charge in [-0.3, -0.25) is 0 Å². The molecule has 0 aromatic rings. The maximum Gasteiger partial charge on any atom is 0.0695 e. The third-order valence-electron chi connectivity index (χ3n) is 4.58. The van der Waals surface area contributed by atoms with Crippen LogP contribution in [0.25, 0.3) is 0 Å². The summed E-state index contributed by atoms with van der Waals surface area (Å²) in [5.41, 5.74) is 0.237. The van der Waals surface area contributed by atoms with Crippen LogP contribution in [0.5, 0.6) is 0 Å². The number of likely N-dealkylation sites (N-methyl/N-ethyl adjacent to an activating group) is 1. The van der Waals surface area contributed by atoms with Gasteiger partial charge in [0.1, 0.15) is 0 Å². The Balaban J connectivity index is 1.93. The van der Waals surface area contributed by atoms with Crippen LogP contribution in [0, 0.1) is 5.41 Å². The lowest BCUT2D eigenvalue weighted by molar-refractivity contribution is 0.00987. The van der Waals surface area contributed by atoms with Gasteiger partial charge < -0.3 is 20.1 Å². The molecule has 4 heteroatoms. The molecule has 2 fully saturated rings. The van der Waals surface area contributed by atoms with E-state index in [1.807, 2.05) is 7.05 Å². The first-order chi connectivity index (χ1) is 8.67. The van der Waals surface area contributed by atoms with E-state index in [0.717, 1.165) is 45.6 Å². The van der Waals surface area contributed by atoms with Crippen molar-refractivity contribution in [3.8, 4) is 0 Å². The first kappa shape index (κ1) is 14.3. The molecule has 0 aromatic heterocycles. The molecule has 1 saturated heterocycles. The first-order valence-corrected chi connectivity index (χ1v) is 7.27. The minimum absolute atomic E-state index is 0.141. The Morgan fingerprint density at radius 1 is 1.39 bits per heavy atom. The molecule has 2 N–H and O–H groups in total. The minimum Gasteiger partial charge on any atom is -0.391 e. The van der Waals surface area contributed by atoms with Gasteiger partial charge in [-0.25, -0.2) is 0 Å². The maximum absolute atomic E-state index is 10.1. The molecular formula is C14H28N2O2. The molecular weight excluding hydrogens is 228 g/mol. The molecule has 0 amide bonds. The Morgan fingerprint density at radius 3 is 2.78 bits per heavy atom. The molecule has 0 aromatic carbocycles. The van der Waals surface area contributed by atoms with Crippen molar-refractivity contribution in [1.29, 1.82) is 0 Å². The summed E-state index contributed by atoms with van der Waals surface area (Å²) in [6, 6.07) is 0.341. The van der Waals surface area contributed by atoms with Gasteiger partial charge >= 0.3 is 0 Å². The number of aliphatic hydroxyl groups excluding tert-OH is 1. The highest BCUT2D eigenvalue weighted by Crippen LogP contribution is 2.31. The van der Waals surface area contributed by atoms with Crippen LogP contribution >= 0.6 is 0 Å². The summed E-state index contributed by atoms with van der Waals surface area (Å²) in [5, 5.41) is 13.4. The molecule has 18 heavy (non-hydrogen) atoms. The predicted octanol–water partition coefficient (Wildman–Crippen LogP) is 0.848. The molecule has 3 unspecified atom stereocenters. The molecule has 2 aliphatic rings. The van der Waals surface area contributed by atoms with Crippen LogP contribution in [0.2, 0.25) is 0 Å². The zero-order chi connectivity index (χ0) is 13.0. The molecule has 1 saturated carbocycles. The normalized spacial score (nSPS) is 37.3. The fraction of sp³-hybridized carbons (Fsp3) is 1.00. The van der Waals surface area contributed by atoms with Gasteiger partial charge in [0.25, 0.3) is 0 Å². The third kappa shape index (κ3) is 3.23. The van der Waals surface area contributed by atoms with Crippen LogP contribution in [0.3, 0.4) is 0 Å². The molecule has 4 nitrogen and oxygen atoms in total. The molecule has 106 valence electrons. The lowest BCUT2D eigenvalue weighted by atomic mass is 9.84. The van der Waals surface area contributed by atoms with E-state index >= 15 is 0 Å². The average molecular weight is 256 g/mol. The van der Waals surface area contributed by atoms with E-state index < -0.39 is 0 Å². The number of nitrogens with zero attached hydrogens (tertiary/aromatic N) is 1. The quantitative estimate of drug-likeness (QED) is 0.765. The second-order valence-electron chi connectivity index (χ2n) is 6.17. The van der Waals surface area contributed by atoms with Crippen LogP contribution in [0.15, 0.2) is 0 Å². The molecule has 0 bridgehead atoms. The second kappa shape index (κ2) is 6.33. The maximum atomic E-state index is 10.1. The zero-order valence-corrected chi connectivity index (χ0v) is 11.8. The van der Waals surface area contributed by atoms with E-state index in [2.05, 4.69) is 17.3 Å². The third-order valence-corrected chi connectivity index (χ3v) is 4.58. The monoisotopic (exact) mass is 256 g/mol. The van der Waals surface area contributed by atoms with Crippen LogP contribution in [0.1, 0.15) is 32.1 Å². The van der Waals surface area contributed by atoms with Gasteiger partial charge in [0.05, 0.1) is 12.7 Å². The van der Waals surface area contributed by atoms with E-state index in [0.29, 0.717) is 6.04 Å². The lowest BCUT2D eigenvalue weighted by Gasteiger charge is -2.40. The summed E-state index contributed by atoms with van der Waals surface area (Å²) < 4.78 is 5.60. The van der Waals surface area contributed by atoms with Crippen molar-refractivity contribution in [3.05, 3.63) is 0 Å². The number of ether oxygens (including phenoxy) is 1. The highest BCUT2D eigenvalue weighted by molar-refractivity contribution is 4.91. The SMILES string of the molecule is CNCC1(CN(C)C2CCCCC2O)CCOC1. The summed E-state index contributed by atoms with van der Waals surface area (Å²) in [5.74, 6) is 0. The summed E-state index contributed by atoms with van der Waals surface area (Å²) in [6.07, 6.45) is 5.51. The van der Waals surface area contributed by atoms with Gasteiger partial charge in [0, 0.05) is 31.2 Å². The van der Waals surface area contributed by atoms with Crippen molar-refractivity contribution < 1.29 is 9.84 Å². The van der Waals surface area contributed by atoms with Gasteiger partial charge in [0.2, 0.25) is 0 Å². The molecule has 2 rings (SSSR count). The van der Waals surface area contributed by atoms with Crippen LogP contribution in [-0.2, 0) is 4.74 Å². The Kier molecular flexibility index (Phi) is 5.01. The summed E-state index contributed by atoms with van der Waals surface area (Å²) in [4.78, 5) is 2.37. The van der Waals surface area contributed by atoms with Crippen LogP contribution in [0.4, 0.5) is 0 Å². The number of hydrogen-bond donors (Lipinski definition) is 2. The number of rotatable bonds is 5. The van der Waals surface area contributed by atoms with Gasteiger partial charge in [-0.1, -0.05) is 12.8 Å². The largest absolute Gasteiger partial charge is 0.391 e. The van der Waals surface area contributed by atoms with E-state index in [-0.39, 0.29) is 11.5 Å². The highest BCUT2D eigenvalue weighted by Gasteiger charge is 2.38. The first-order valence-electron chi connectivity index (χ1n) is 7.27. The Morgan fingerprint density at radius 2 is 2.17 bits per heavy atom. The Labute approximate surface area is 111 Å². The van der Waals surface area contributed by atoms with Crippen LogP contribution in [-0.4, -0.2) is 62.6 Å². The van der Waals surface area contributed by atoms with Gasteiger partial charge in [-0.05, 0) is 33.4 Å².